The van der Waals surface area contributed by atoms with Crippen molar-refractivity contribution in [3.63, 3.8) is 0 Å². The predicted octanol–water partition coefficient (Wildman–Crippen LogP) is 11.6. The van der Waals surface area contributed by atoms with Gasteiger partial charge in [-0.05, 0) is 89.0 Å². The van der Waals surface area contributed by atoms with Gasteiger partial charge in [-0.25, -0.2) is 0 Å². The first-order chi connectivity index (χ1) is 21.8. The Kier molecular flexibility index (Phi) is 6.51. The van der Waals surface area contributed by atoms with Crippen LogP contribution in [-0.2, 0) is 0 Å². The largest absolute Gasteiger partial charge is 0.310 e. The molecule has 0 saturated heterocycles. The molecule has 1 heterocycles. The first-order valence-corrected chi connectivity index (χ1v) is 15.0. The van der Waals surface area contributed by atoms with Gasteiger partial charge in [0.05, 0.1) is 11.0 Å². The number of nitrogens with zero attached hydrogens (tertiary/aromatic N) is 2. The van der Waals surface area contributed by atoms with E-state index in [9.17, 15) is 0 Å². The summed E-state index contributed by atoms with van der Waals surface area (Å²) in [6.45, 7) is 0. The van der Waals surface area contributed by atoms with E-state index in [2.05, 4.69) is 191 Å². The van der Waals surface area contributed by atoms with Crippen LogP contribution >= 0.6 is 0 Å². The van der Waals surface area contributed by atoms with Crippen LogP contribution < -0.4 is 4.90 Å². The number of aromatic nitrogens is 1. The summed E-state index contributed by atoms with van der Waals surface area (Å²) in [6, 6.07) is 65.0. The number of benzene rings is 7. The van der Waals surface area contributed by atoms with Crippen LogP contribution in [0, 0.1) is 0 Å². The van der Waals surface area contributed by atoms with Crippen molar-refractivity contribution in [3.8, 4) is 27.9 Å². The molecule has 208 valence electrons. The van der Waals surface area contributed by atoms with Gasteiger partial charge in [-0.1, -0.05) is 115 Å². The standard InChI is InChI=1S/C42H30N2/c1-4-17-35(18-5-1)43(36-19-6-2-7-20-36)38-23-13-16-33(29-38)31-14-12-15-32(28-31)34-26-27-40-39-24-10-11-25-41(39)44(42(40)30-34)37-21-8-3-9-22-37/h1-30H. The number of para-hydroxylation sites is 4. The lowest BCUT2D eigenvalue weighted by Gasteiger charge is -2.26. The Morgan fingerprint density at radius 2 is 0.818 bits per heavy atom. The first kappa shape index (κ1) is 25.8. The van der Waals surface area contributed by atoms with Gasteiger partial charge in [0.2, 0.25) is 0 Å². The van der Waals surface area contributed by atoms with E-state index in [1.54, 1.807) is 0 Å². The average molecular weight is 563 g/mol. The number of anilines is 3. The third-order valence-corrected chi connectivity index (χ3v) is 8.35. The number of fused-ring (bicyclic) bond motifs is 3. The van der Waals surface area contributed by atoms with E-state index in [4.69, 9.17) is 0 Å². The molecule has 0 spiro atoms. The normalized spacial score (nSPS) is 11.2. The van der Waals surface area contributed by atoms with Gasteiger partial charge in [-0.15, -0.1) is 0 Å². The molecule has 0 fully saturated rings. The minimum absolute atomic E-state index is 1.12. The maximum absolute atomic E-state index is 2.38. The van der Waals surface area contributed by atoms with Gasteiger partial charge in [0.15, 0.2) is 0 Å². The van der Waals surface area contributed by atoms with E-state index in [1.165, 1.54) is 49.7 Å². The highest BCUT2D eigenvalue weighted by Gasteiger charge is 2.15. The third kappa shape index (κ3) is 4.63. The summed E-state index contributed by atoms with van der Waals surface area (Å²) in [5.41, 5.74) is 11.8. The zero-order valence-electron chi connectivity index (χ0n) is 24.2. The number of hydrogen-bond donors (Lipinski definition) is 0. The maximum atomic E-state index is 2.38. The minimum atomic E-state index is 1.12. The van der Waals surface area contributed by atoms with E-state index in [0.717, 1.165) is 17.1 Å². The van der Waals surface area contributed by atoms with Crippen LogP contribution in [0.5, 0.6) is 0 Å². The van der Waals surface area contributed by atoms with Crippen LogP contribution in [-0.4, -0.2) is 4.57 Å². The fraction of sp³-hybridized carbons (Fsp3) is 0. The molecule has 0 aliphatic rings. The van der Waals surface area contributed by atoms with Crippen molar-refractivity contribution in [3.05, 3.63) is 182 Å². The summed E-state index contributed by atoms with van der Waals surface area (Å²) in [4.78, 5) is 2.31. The molecule has 2 heteroatoms. The van der Waals surface area contributed by atoms with Crippen LogP contribution in [0.15, 0.2) is 182 Å². The summed E-state index contributed by atoms with van der Waals surface area (Å²) in [5, 5.41) is 2.53. The molecule has 0 saturated carbocycles. The summed E-state index contributed by atoms with van der Waals surface area (Å²) >= 11 is 0. The Morgan fingerprint density at radius 1 is 0.318 bits per heavy atom. The Bertz CT molecular complexity index is 2170. The van der Waals surface area contributed by atoms with Gasteiger partial charge in [0.25, 0.3) is 0 Å². The van der Waals surface area contributed by atoms with Crippen molar-refractivity contribution in [1.29, 1.82) is 0 Å². The number of rotatable bonds is 6. The molecule has 0 radical (unpaired) electrons. The molecular formula is C42H30N2. The zero-order chi connectivity index (χ0) is 29.3. The van der Waals surface area contributed by atoms with Crippen LogP contribution in [0.25, 0.3) is 49.7 Å². The molecule has 0 N–H and O–H groups in total. The Labute approximate surface area is 257 Å². The molecule has 8 aromatic rings. The lowest BCUT2D eigenvalue weighted by molar-refractivity contribution is 1.18. The van der Waals surface area contributed by atoms with E-state index in [0.29, 0.717) is 0 Å². The highest BCUT2D eigenvalue weighted by molar-refractivity contribution is 6.10. The van der Waals surface area contributed by atoms with Gasteiger partial charge >= 0.3 is 0 Å². The summed E-state index contributed by atoms with van der Waals surface area (Å²) in [5.74, 6) is 0. The second kappa shape index (κ2) is 11.1. The van der Waals surface area contributed by atoms with Crippen molar-refractivity contribution in [2.45, 2.75) is 0 Å². The summed E-state index contributed by atoms with van der Waals surface area (Å²) in [6.07, 6.45) is 0. The van der Waals surface area contributed by atoms with Gasteiger partial charge in [-0.2, -0.15) is 0 Å². The summed E-state index contributed by atoms with van der Waals surface area (Å²) < 4.78 is 2.38. The van der Waals surface area contributed by atoms with Crippen LogP contribution in [0.1, 0.15) is 0 Å². The molecular weight excluding hydrogens is 532 g/mol. The predicted molar refractivity (Wildman–Crippen MR) is 186 cm³/mol. The Morgan fingerprint density at radius 3 is 1.50 bits per heavy atom. The zero-order valence-corrected chi connectivity index (χ0v) is 24.2. The molecule has 7 aromatic carbocycles. The van der Waals surface area contributed by atoms with Crippen LogP contribution in [0.4, 0.5) is 17.1 Å². The minimum Gasteiger partial charge on any atom is -0.310 e. The van der Waals surface area contributed by atoms with Gasteiger partial charge in [0.1, 0.15) is 0 Å². The fourth-order valence-corrected chi connectivity index (χ4v) is 6.31. The highest BCUT2D eigenvalue weighted by Crippen LogP contribution is 2.38. The molecule has 0 bridgehead atoms. The fourth-order valence-electron chi connectivity index (χ4n) is 6.31. The van der Waals surface area contributed by atoms with Gasteiger partial charge in [0, 0.05) is 33.5 Å². The van der Waals surface area contributed by atoms with Crippen LogP contribution in [0.3, 0.4) is 0 Å². The second-order valence-electron chi connectivity index (χ2n) is 11.1. The van der Waals surface area contributed by atoms with E-state index in [-0.39, 0.29) is 0 Å². The molecule has 2 nitrogen and oxygen atoms in total. The first-order valence-electron chi connectivity index (χ1n) is 15.0. The Hall–Kier alpha value is -5.86. The number of hydrogen-bond acceptors (Lipinski definition) is 1. The van der Waals surface area contributed by atoms with E-state index >= 15 is 0 Å². The maximum Gasteiger partial charge on any atom is 0.0547 e. The van der Waals surface area contributed by atoms with E-state index in [1.807, 2.05) is 0 Å². The van der Waals surface area contributed by atoms with Crippen molar-refractivity contribution in [1.82, 2.24) is 4.57 Å². The third-order valence-electron chi connectivity index (χ3n) is 8.35. The molecule has 0 aliphatic heterocycles. The molecule has 0 aliphatic carbocycles. The Balaban J connectivity index is 1.23. The SMILES string of the molecule is c1ccc(N(c2ccccc2)c2cccc(-c3cccc(-c4ccc5c6ccccc6n(-c6ccccc6)c5c4)c3)c2)cc1. The molecule has 0 amide bonds. The molecule has 0 atom stereocenters. The lowest BCUT2D eigenvalue weighted by Crippen LogP contribution is -2.09. The molecule has 1 aromatic heterocycles. The van der Waals surface area contributed by atoms with Crippen molar-refractivity contribution < 1.29 is 0 Å². The highest BCUT2D eigenvalue weighted by atomic mass is 15.1. The lowest BCUT2D eigenvalue weighted by atomic mass is 9.97. The van der Waals surface area contributed by atoms with Crippen molar-refractivity contribution in [2.75, 3.05) is 4.90 Å². The van der Waals surface area contributed by atoms with Gasteiger partial charge < -0.3 is 9.47 Å². The van der Waals surface area contributed by atoms with Gasteiger partial charge in [-0.3, -0.25) is 0 Å². The average Bonchev–Trinajstić information content (AvgIpc) is 3.44. The van der Waals surface area contributed by atoms with E-state index < -0.39 is 0 Å². The second-order valence-corrected chi connectivity index (χ2v) is 11.1. The summed E-state index contributed by atoms with van der Waals surface area (Å²) in [7, 11) is 0. The quantitative estimate of drug-likeness (QED) is 0.196. The molecule has 8 rings (SSSR count). The molecule has 44 heavy (non-hydrogen) atoms. The van der Waals surface area contributed by atoms with Crippen LogP contribution in [0.2, 0.25) is 0 Å². The topological polar surface area (TPSA) is 8.17 Å². The van der Waals surface area contributed by atoms with Crippen molar-refractivity contribution >= 4 is 38.9 Å². The van der Waals surface area contributed by atoms with Crippen molar-refractivity contribution in [2.24, 2.45) is 0 Å². The smallest absolute Gasteiger partial charge is 0.0547 e. The monoisotopic (exact) mass is 562 g/mol. The molecule has 0 unspecified atom stereocenters.